The summed E-state index contributed by atoms with van der Waals surface area (Å²) in [5.74, 6) is 1.94. The van der Waals surface area contributed by atoms with E-state index < -0.39 is 0 Å². The van der Waals surface area contributed by atoms with Crippen LogP contribution in [0.3, 0.4) is 0 Å². The first-order chi connectivity index (χ1) is 12.9. The highest BCUT2D eigenvalue weighted by Crippen LogP contribution is 2.45. The van der Waals surface area contributed by atoms with Crippen molar-refractivity contribution in [3.8, 4) is 11.5 Å². The Morgan fingerprint density at radius 1 is 1.30 bits per heavy atom. The summed E-state index contributed by atoms with van der Waals surface area (Å²) < 4.78 is 12.8. The van der Waals surface area contributed by atoms with Gasteiger partial charge in [-0.15, -0.1) is 0 Å². The van der Waals surface area contributed by atoms with E-state index in [4.69, 9.17) is 9.47 Å². The summed E-state index contributed by atoms with van der Waals surface area (Å²) in [6.07, 6.45) is 1.27. The number of methoxy groups -OCH3 is 1. The Hall–Kier alpha value is -2.90. The highest BCUT2D eigenvalue weighted by Gasteiger charge is 2.41. The molecule has 142 valence electrons. The molecule has 0 saturated carbocycles. The molecule has 1 N–H and O–H groups in total. The second-order valence-corrected chi connectivity index (χ2v) is 7.65. The number of anilines is 1. The molecule has 2 aliphatic rings. The first-order valence-electron chi connectivity index (χ1n) is 9.05. The number of aromatic nitrogens is 4. The summed E-state index contributed by atoms with van der Waals surface area (Å²) in [5.41, 5.74) is 2.40. The second kappa shape index (κ2) is 6.37. The van der Waals surface area contributed by atoms with E-state index in [2.05, 4.69) is 34.7 Å². The minimum atomic E-state index is -0.389. The molecule has 1 aliphatic carbocycles. The number of hydrogen-bond acceptors (Lipinski definition) is 7. The Bertz CT molecular complexity index is 931. The van der Waals surface area contributed by atoms with Gasteiger partial charge in [0.1, 0.15) is 6.04 Å². The lowest BCUT2D eigenvalue weighted by Gasteiger charge is -2.37. The van der Waals surface area contributed by atoms with E-state index in [0.717, 1.165) is 23.3 Å². The minimum absolute atomic E-state index is 0.0976. The van der Waals surface area contributed by atoms with Crippen molar-refractivity contribution in [2.24, 2.45) is 5.41 Å². The molecule has 0 spiro atoms. The Labute approximate surface area is 157 Å². The first-order valence-corrected chi connectivity index (χ1v) is 9.05. The average Bonchev–Trinajstić information content (AvgIpc) is 3.07. The van der Waals surface area contributed by atoms with Crippen LogP contribution in [0.2, 0.25) is 0 Å². The maximum atomic E-state index is 13.0. The van der Waals surface area contributed by atoms with Crippen LogP contribution in [0.5, 0.6) is 11.5 Å². The molecular formula is C19H23N5O3. The van der Waals surface area contributed by atoms with Crippen LogP contribution in [0.15, 0.2) is 29.5 Å². The number of carbonyl (C=O) groups excluding carboxylic acids is 1. The third-order valence-corrected chi connectivity index (χ3v) is 5.00. The predicted molar refractivity (Wildman–Crippen MR) is 98.8 cm³/mol. The van der Waals surface area contributed by atoms with E-state index in [1.807, 2.05) is 25.1 Å². The van der Waals surface area contributed by atoms with Crippen molar-refractivity contribution < 1.29 is 14.3 Å². The fourth-order valence-corrected chi connectivity index (χ4v) is 3.91. The van der Waals surface area contributed by atoms with Gasteiger partial charge in [-0.3, -0.25) is 4.79 Å². The number of tetrazole rings is 1. The smallest absolute Gasteiger partial charge is 0.248 e. The molecule has 8 heteroatoms. The molecular weight excluding hydrogens is 346 g/mol. The lowest BCUT2D eigenvalue weighted by molar-refractivity contribution is -0.118. The topological polar surface area (TPSA) is 91.2 Å². The standard InChI is InChI=1S/C19H23N5O3/c1-5-27-14-7-6-11(8-15(14)26-4)17-16-12(9-19(2,3)10-13(16)25)20-18-21-22-23-24(17)18/h6-8,17H,5,9-10H2,1-4H3,(H,20,21,23). The molecule has 0 saturated heterocycles. The summed E-state index contributed by atoms with van der Waals surface area (Å²) in [6.45, 7) is 6.67. The lowest BCUT2D eigenvalue weighted by atomic mass is 9.73. The summed E-state index contributed by atoms with van der Waals surface area (Å²) in [5, 5.41) is 15.3. The molecule has 2 aromatic rings. The van der Waals surface area contributed by atoms with Gasteiger partial charge in [0.15, 0.2) is 17.3 Å². The summed E-state index contributed by atoms with van der Waals surface area (Å²) >= 11 is 0. The van der Waals surface area contributed by atoms with Gasteiger partial charge in [-0.2, -0.15) is 4.68 Å². The van der Waals surface area contributed by atoms with Crippen molar-refractivity contribution in [2.75, 3.05) is 19.0 Å². The zero-order chi connectivity index (χ0) is 19.2. The van der Waals surface area contributed by atoms with Gasteiger partial charge in [0.05, 0.1) is 13.7 Å². The van der Waals surface area contributed by atoms with E-state index in [9.17, 15) is 4.79 Å². The number of rotatable bonds is 4. The van der Waals surface area contributed by atoms with Crippen LogP contribution in [-0.2, 0) is 4.79 Å². The number of Topliss-reactive ketones (excluding diaryl/α,β-unsaturated/α-hetero) is 1. The van der Waals surface area contributed by atoms with Crippen LogP contribution < -0.4 is 14.8 Å². The normalized spacial score (nSPS) is 20.6. The van der Waals surface area contributed by atoms with Crippen LogP contribution in [0.4, 0.5) is 5.95 Å². The highest BCUT2D eigenvalue weighted by atomic mass is 16.5. The Balaban J connectivity index is 1.85. The van der Waals surface area contributed by atoms with Gasteiger partial charge in [0.25, 0.3) is 0 Å². The third-order valence-electron chi connectivity index (χ3n) is 5.00. The quantitative estimate of drug-likeness (QED) is 0.886. The zero-order valence-electron chi connectivity index (χ0n) is 15.9. The Kier molecular flexibility index (Phi) is 4.13. The lowest BCUT2D eigenvalue weighted by Crippen LogP contribution is -2.36. The maximum absolute atomic E-state index is 13.0. The molecule has 2 heterocycles. The molecule has 1 aromatic carbocycles. The monoisotopic (exact) mass is 369 g/mol. The van der Waals surface area contributed by atoms with Crippen molar-refractivity contribution in [3.05, 3.63) is 35.0 Å². The van der Waals surface area contributed by atoms with E-state index in [1.54, 1.807) is 11.8 Å². The van der Waals surface area contributed by atoms with Crippen molar-refractivity contribution in [1.29, 1.82) is 0 Å². The van der Waals surface area contributed by atoms with E-state index in [0.29, 0.717) is 30.5 Å². The molecule has 0 amide bonds. The van der Waals surface area contributed by atoms with Gasteiger partial charge in [-0.1, -0.05) is 25.0 Å². The number of ether oxygens (including phenoxy) is 2. The summed E-state index contributed by atoms with van der Waals surface area (Å²) in [7, 11) is 1.60. The van der Waals surface area contributed by atoms with Crippen LogP contribution in [0.1, 0.15) is 45.2 Å². The highest BCUT2D eigenvalue weighted by molar-refractivity contribution is 6.00. The number of carbonyl (C=O) groups is 1. The molecule has 4 rings (SSSR count). The minimum Gasteiger partial charge on any atom is -0.493 e. The van der Waals surface area contributed by atoms with Gasteiger partial charge in [0, 0.05) is 17.7 Å². The van der Waals surface area contributed by atoms with Crippen molar-refractivity contribution in [3.63, 3.8) is 0 Å². The molecule has 0 radical (unpaired) electrons. The van der Waals surface area contributed by atoms with E-state index >= 15 is 0 Å². The number of fused-ring (bicyclic) bond motifs is 1. The van der Waals surface area contributed by atoms with Crippen LogP contribution in [0.25, 0.3) is 0 Å². The predicted octanol–water partition coefficient (Wildman–Crippen LogP) is 2.74. The first kappa shape index (κ1) is 17.5. The van der Waals surface area contributed by atoms with Gasteiger partial charge in [0.2, 0.25) is 5.95 Å². The van der Waals surface area contributed by atoms with Crippen molar-refractivity contribution in [2.45, 2.75) is 39.7 Å². The molecule has 8 nitrogen and oxygen atoms in total. The Morgan fingerprint density at radius 3 is 2.85 bits per heavy atom. The molecule has 1 unspecified atom stereocenters. The van der Waals surface area contributed by atoms with Gasteiger partial charge in [-0.05, 0) is 46.9 Å². The van der Waals surface area contributed by atoms with E-state index in [1.165, 1.54) is 0 Å². The fraction of sp³-hybridized carbons (Fsp3) is 0.474. The maximum Gasteiger partial charge on any atom is 0.248 e. The average molecular weight is 369 g/mol. The number of ketones is 1. The van der Waals surface area contributed by atoms with Gasteiger partial charge >= 0.3 is 0 Å². The third kappa shape index (κ3) is 2.94. The number of benzene rings is 1. The summed E-state index contributed by atoms with van der Waals surface area (Å²) in [6, 6.07) is 5.30. The van der Waals surface area contributed by atoms with Gasteiger partial charge in [-0.25, -0.2) is 0 Å². The number of nitrogens with zero attached hydrogens (tertiary/aromatic N) is 4. The van der Waals surface area contributed by atoms with Crippen molar-refractivity contribution in [1.82, 2.24) is 20.2 Å². The number of allylic oxidation sites excluding steroid dienone is 2. The fourth-order valence-electron chi connectivity index (χ4n) is 3.91. The molecule has 0 fully saturated rings. The summed E-state index contributed by atoms with van der Waals surface area (Å²) in [4.78, 5) is 13.0. The zero-order valence-corrected chi connectivity index (χ0v) is 15.9. The van der Waals surface area contributed by atoms with Gasteiger partial charge < -0.3 is 14.8 Å². The van der Waals surface area contributed by atoms with Crippen LogP contribution in [-0.4, -0.2) is 39.7 Å². The van der Waals surface area contributed by atoms with E-state index in [-0.39, 0.29) is 17.2 Å². The molecule has 27 heavy (non-hydrogen) atoms. The number of nitrogens with one attached hydrogen (secondary N) is 1. The molecule has 0 bridgehead atoms. The van der Waals surface area contributed by atoms with Crippen LogP contribution >= 0.6 is 0 Å². The number of hydrogen-bond donors (Lipinski definition) is 1. The molecule has 1 aliphatic heterocycles. The SMILES string of the molecule is CCOc1ccc(C2C3=C(CC(C)(C)CC3=O)Nc3nnnn32)cc1OC. The molecule has 1 atom stereocenters. The Morgan fingerprint density at radius 2 is 2.11 bits per heavy atom. The van der Waals surface area contributed by atoms with Crippen LogP contribution in [0, 0.1) is 5.41 Å². The molecule has 1 aromatic heterocycles. The second-order valence-electron chi connectivity index (χ2n) is 7.65. The van der Waals surface area contributed by atoms with Crippen molar-refractivity contribution >= 4 is 11.7 Å². The largest absolute Gasteiger partial charge is 0.493 e.